The van der Waals surface area contributed by atoms with E-state index in [1.54, 1.807) is 4.90 Å². The van der Waals surface area contributed by atoms with Gasteiger partial charge in [0.2, 0.25) is 5.91 Å². The Kier molecular flexibility index (Phi) is 5.27. The highest BCUT2D eigenvalue weighted by atomic mass is 16.4. The van der Waals surface area contributed by atoms with E-state index in [4.69, 9.17) is 5.11 Å². The molecule has 0 radical (unpaired) electrons. The molecule has 0 heterocycles. The molecule has 0 aliphatic heterocycles. The van der Waals surface area contributed by atoms with Gasteiger partial charge < -0.3 is 10.4 Å². The van der Waals surface area contributed by atoms with Crippen LogP contribution >= 0.6 is 0 Å². The summed E-state index contributed by atoms with van der Waals surface area (Å²) < 4.78 is 0. The Hall–Kier alpha value is -1.88. The average Bonchev–Trinajstić information content (AvgIpc) is 2.29. The van der Waals surface area contributed by atoms with Gasteiger partial charge in [-0.25, -0.2) is 0 Å². The van der Waals surface area contributed by atoms with Crippen molar-refractivity contribution in [1.29, 1.82) is 0 Å². The van der Waals surface area contributed by atoms with Crippen LogP contribution in [0.1, 0.15) is 26.3 Å². The molecule has 0 aliphatic carbocycles. The number of carboxylic acids is 1. The molecule has 0 aliphatic rings. The molecule has 0 saturated heterocycles. The molecule has 0 fully saturated rings. The maximum atomic E-state index is 12.0. The Labute approximate surface area is 119 Å². The Balaban J connectivity index is 2.66. The fraction of sp³-hybridized carbons (Fsp3) is 0.467. The lowest BCUT2D eigenvalue weighted by atomic mass is 10.1. The standard InChI is InChI=1S/C15H22N2O3/c1-11-5-7-12(8-6-11)16-13(18)9-17(10-14(19)20)15(2,3)4/h5-8H,9-10H2,1-4H3,(H,16,18)(H,19,20). The molecule has 0 unspecified atom stereocenters. The van der Waals surface area contributed by atoms with Gasteiger partial charge in [0.25, 0.3) is 0 Å². The molecule has 0 saturated carbocycles. The highest BCUT2D eigenvalue weighted by Crippen LogP contribution is 2.13. The topological polar surface area (TPSA) is 69.6 Å². The van der Waals surface area contributed by atoms with E-state index in [1.165, 1.54) is 0 Å². The van der Waals surface area contributed by atoms with E-state index in [9.17, 15) is 9.59 Å². The van der Waals surface area contributed by atoms with E-state index >= 15 is 0 Å². The summed E-state index contributed by atoms with van der Waals surface area (Å²) in [6.07, 6.45) is 0. The molecular weight excluding hydrogens is 256 g/mol. The average molecular weight is 278 g/mol. The molecule has 20 heavy (non-hydrogen) atoms. The van der Waals surface area contributed by atoms with Crippen LogP contribution < -0.4 is 5.32 Å². The van der Waals surface area contributed by atoms with Gasteiger partial charge in [0, 0.05) is 11.2 Å². The zero-order valence-electron chi connectivity index (χ0n) is 12.4. The van der Waals surface area contributed by atoms with Gasteiger partial charge in [0.1, 0.15) is 0 Å². The van der Waals surface area contributed by atoms with Crippen LogP contribution in [0.25, 0.3) is 0 Å². The normalized spacial score (nSPS) is 11.4. The maximum Gasteiger partial charge on any atom is 0.317 e. The van der Waals surface area contributed by atoms with E-state index in [0.29, 0.717) is 5.69 Å². The quantitative estimate of drug-likeness (QED) is 0.865. The molecule has 110 valence electrons. The molecule has 5 nitrogen and oxygen atoms in total. The lowest BCUT2D eigenvalue weighted by Gasteiger charge is -2.33. The Morgan fingerprint density at radius 2 is 1.70 bits per heavy atom. The molecule has 2 N–H and O–H groups in total. The molecular formula is C15H22N2O3. The van der Waals surface area contributed by atoms with Crippen LogP contribution in [0, 0.1) is 6.92 Å². The lowest BCUT2D eigenvalue weighted by Crippen LogP contribution is -2.48. The van der Waals surface area contributed by atoms with Crippen LogP contribution in [0.4, 0.5) is 5.69 Å². The summed E-state index contributed by atoms with van der Waals surface area (Å²) in [6.45, 7) is 7.51. The van der Waals surface area contributed by atoms with Crippen LogP contribution in [-0.2, 0) is 9.59 Å². The number of carboxylic acid groups (broad SMARTS) is 1. The van der Waals surface area contributed by atoms with Gasteiger partial charge in [-0.1, -0.05) is 17.7 Å². The molecule has 0 spiro atoms. The number of hydrogen-bond donors (Lipinski definition) is 2. The second kappa shape index (κ2) is 6.52. The summed E-state index contributed by atoms with van der Waals surface area (Å²) in [5, 5.41) is 11.7. The second-order valence-electron chi connectivity index (χ2n) is 5.83. The minimum absolute atomic E-state index is 0.0453. The van der Waals surface area contributed by atoms with E-state index in [2.05, 4.69) is 5.32 Å². The molecule has 0 bridgehead atoms. The van der Waals surface area contributed by atoms with Crippen molar-refractivity contribution < 1.29 is 14.7 Å². The van der Waals surface area contributed by atoms with Gasteiger partial charge in [-0.05, 0) is 39.8 Å². The molecule has 1 rings (SSSR count). The van der Waals surface area contributed by atoms with E-state index in [0.717, 1.165) is 5.56 Å². The van der Waals surface area contributed by atoms with Crippen molar-refractivity contribution in [2.24, 2.45) is 0 Å². The van der Waals surface area contributed by atoms with Gasteiger partial charge in [0.15, 0.2) is 0 Å². The smallest absolute Gasteiger partial charge is 0.317 e. The fourth-order valence-corrected chi connectivity index (χ4v) is 1.70. The minimum atomic E-state index is -0.942. The van der Waals surface area contributed by atoms with Crippen LogP contribution in [0.15, 0.2) is 24.3 Å². The van der Waals surface area contributed by atoms with Gasteiger partial charge in [-0.2, -0.15) is 0 Å². The predicted octanol–water partition coefficient (Wildman–Crippen LogP) is 2.12. The first-order valence-electron chi connectivity index (χ1n) is 6.52. The number of nitrogens with one attached hydrogen (secondary N) is 1. The maximum absolute atomic E-state index is 12.0. The van der Waals surface area contributed by atoms with Crippen LogP contribution in [-0.4, -0.2) is 40.5 Å². The van der Waals surface area contributed by atoms with E-state index < -0.39 is 5.97 Å². The van der Waals surface area contributed by atoms with Gasteiger partial charge in [-0.15, -0.1) is 0 Å². The number of amides is 1. The van der Waals surface area contributed by atoms with Crippen molar-refractivity contribution in [3.63, 3.8) is 0 Å². The number of benzene rings is 1. The Morgan fingerprint density at radius 3 is 2.15 bits per heavy atom. The highest BCUT2D eigenvalue weighted by molar-refractivity contribution is 5.92. The summed E-state index contributed by atoms with van der Waals surface area (Å²) in [5.41, 5.74) is 1.44. The molecule has 1 aromatic rings. The van der Waals surface area contributed by atoms with Gasteiger partial charge in [0.05, 0.1) is 13.1 Å². The molecule has 1 aromatic carbocycles. The summed E-state index contributed by atoms with van der Waals surface area (Å²) in [7, 11) is 0. The summed E-state index contributed by atoms with van der Waals surface area (Å²) in [5.74, 6) is -1.16. The second-order valence-corrected chi connectivity index (χ2v) is 5.83. The van der Waals surface area contributed by atoms with Crippen molar-refractivity contribution in [3.8, 4) is 0 Å². The number of nitrogens with zero attached hydrogens (tertiary/aromatic N) is 1. The first-order valence-corrected chi connectivity index (χ1v) is 6.52. The number of carbonyl (C=O) groups is 2. The summed E-state index contributed by atoms with van der Waals surface area (Å²) in [4.78, 5) is 24.5. The molecule has 5 heteroatoms. The Morgan fingerprint density at radius 1 is 1.15 bits per heavy atom. The van der Waals surface area contributed by atoms with Crippen molar-refractivity contribution in [2.45, 2.75) is 33.2 Å². The van der Waals surface area contributed by atoms with Crippen LogP contribution in [0.2, 0.25) is 0 Å². The van der Waals surface area contributed by atoms with Gasteiger partial charge in [-0.3, -0.25) is 14.5 Å². The fourth-order valence-electron chi connectivity index (χ4n) is 1.70. The minimum Gasteiger partial charge on any atom is -0.480 e. The van der Waals surface area contributed by atoms with E-state index in [1.807, 2.05) is 52.0 Å². The molecule has 0 aromatic heterocycles. The SMILES string of the molecule is Cc1ccc(NC(=O)CN(CC(=O)O)C(C)(C)C)cc1. The van der Waals surface area contributed by atoms with Gasteiger partial charge >= 0.3 is 5.97 Å². The summed E-state index contributed by atoms with van der Waals surface area (Å²) >= 11 is 0. The predicted molar refractivity (Wildman–Crippen MR) is 78.8 cm³/mol. The zero-order valence-corrected chi connectivity index (χ0v) is 12.4. The third kappa shape index (κ3) is 5.40. The van der Waals surface area contributed by atoms with Crippen molar-refractivity contribution >= 4 is 17.6 Å². The number of rotatable bonds is 5. The lowest BCUT2D eigenvalue weighted by molar-refractivity contribution is -0.140. The highest BCUT2D eigenvalue weighted by Gasteiger charge is 2.25. The summed E-state index contributed by atoms with van der Waals surface area (Å²) in [6, 6.07) is 7.47. The van der Waals surface area contributed by atoms with Crippen molar-refractivity contribution in [2.75, 3.05) is 18.4 Å². The molecule has 1 amide bonds. The zero-order chi connectivity index (χ0) is 15.3. The Bertz CT molecular complexity index is 475. The number of anilines is 1. The van der Waals surface area contributed by atoms with Crippen molar-refractivity contribution in [3.05, 3.63) is 29.8 Å². The monoisotopic (exact) mass is 278 g/mol. The first kappa shape index (κ1) is 16.2. The van der Waals surface area contributed by atoms with E-state index in [-0.39, 0.29) is 24.5 Å². The third-order valence-electron chi connectivity index (χ3n) is 2.94. The third-order valence-corrected chi connectivity index (χ3v) is 2.94. The first-order chi connectivity index (χ1) is 9.18. The number of aryl methyl sites for hydroxylation is 1. The number of carbonyl (C=O) groups excluding carboxylic acids is 1. The number of aliphatic carboxylic acids is 1. The van der Waals surface area contributed by atoms with Crippen molar-refractivity contribution in [1.82, 2.24) is 4.90 Å². The van der Waals surface area contributed by atoms with Crippen LogP contribution in [0.3, 0.4) is 0 Å². The van der Waals surface area contributed by atoms with Crippen LogP contribution in [0.5, 0.6) is 0 Å². The largest absolute Gasteiger partial charge is 0.480 e. The number of hydrogen-bond acceptors (Lipinski definition) is 3. The molecule has 0 atom stereocenters.